The maximum Gasteiger partial charge on any atom is 0.248 e. The molecule has 0 aromatic carbocycles. The van der Waals surface area contributed by atoms with Gasteiger partial charge < -0.3 is 24.3 Å². The predicted molar refractivity (Wildman–Crippen MR) is 86.0 cm³/mol. The van der Waals surface area contributed by atoms with E-state index in [4.69, 9.17) is 24.8 Å². The molecule has 0 rings (SSSR count). The standard InChI is InChI=1S/C15H32N2O6/c1-2-3-4-6-19-8-10-21-12-13-22-11-9-20-7-5-17-15(18)14-23-16/h2-14,16H2,1H3,(H,17,18). The Bertz CT molecular complexity index is 256. The molecule has 1 amide bonds. The van der Waals surface area contributed by atoms with E-state index in [0.717, 1.165) is 13.0 Å². The van der Waals surface area contributed by atoms with Gasteiger partial charge in [-0.3, -0.25) is 9.63 Å². The van der Waals surface area contributed by atoms with Gasteiger partial charge in [-0.1, -0.05) is 19.8 Å². The fourth-order valence-electron chi connectivity index (χ4n) is 1.61. The molecule has 0 spiro atoms. The van der Waals surface area contributed by atoms with Crippen molar-refractivity contribution in [2.75, 3.05) is 66.0 Å². The Morgan fingerprint density at radius 2 is 1.35 bits per heavy atom. The average molecular weight is 336 g/mol. The molecule has 0 atom stereocenters. The monoisotopic (exact) mass is 336 g/mol. The van der Waals surface area contributed by atoms with Gasteiger partial charge in [0.1, 0.15) is 6.61 Å². The summed E-state index contributed by atoms with van der Waals surface area (Å²) in [5.41, 5.74) is 0. The Balaban J connectivity index is 3.01. The largest absolute Gasteiger partial charge is 0.379 e. The van der Waals surface area contributed by atoms with Gasteiger partial charge in [0.25, 0.3) is 0 Å². The number of ether oxygens (including phenoxy) is 4. The van der Waals surface area contributed by atoms with Gasteiger partial charge in [-0.25, -0.2) is 5.90 Å². The van der Waals surface area contributed by atoms with Gasteiger partial charge in [0.2, 0.25) is 5.91 Å². The molecule has 23 heavy (non-hydrogen) atoms. The summed E-state index contributed by atoms with van der Waals surface area (Å²) in [6.07, 6.45) is 3.54. The molecule has 0 bridgehead atoms. The van der Waals surface area contributed by atoms with Crippen LogP contribution in [-0.4, -0.2) is 71.9 Å². The first kappa shape index (κ1) is 22.2. The molecule has 0 saturated heterocycles. The lowest BCUT2D eigenvalue weighted by Crippen LogP contribution is -2.31. The van der Waals surface area contributed by atoms with Crippen LogP contribution in [-0.2, 0) is 28.6 Å². The minimum atomic E-state index is -0.265. The maximum absolute atomic E-state index is 11.0. The quantitative estimate of drug-likeness (QED) is 0.273. The molecule has 0 saturated carbocycles. The molecule has 0 aliphatic rings. The fraction of sp³-hybridized carbons (Fsp3) is 0.933. The van der Waals surface area contributed by atoms with Gasteiger partial charge in [0.15, 0.2) is 0 Å². The fourth-order valence-corrected chi connectivity index (χ4v) is 1.61. The topological polar surface area (TPSA) is 101 Å². The normalized spacial score (nSPS) is 10.9. The second-order valence-corrected chi connectivity index (χ2v) is 4.82. The van der Waals surface area contributed by atoms with Crippen LogP contribution < -0.4 is 11.2 Å². The summed E-state index contributed by atoms with van der Waals surface area (Å²) in [5, 5.41) is 2.59. The van der Waals surface area contributed by atoms with E-state index >= 15 is 0 Å². The Labute approximate surface area is 138 Å². The van der Waals surface area contributed by atoms with Gasteiger partial charge in [-0.2, -0.15) is 0 Å². The molecule has 0 fully saturated rings. The van der Waals surface area contributed by atoms with Gasteiger partial charge >= 0.3 is 0 Å². The van der Waals surface area contributed by atoms with Crippen molar-refractivity contribution in [2.45, 2.75) is 26.2 Å². The summed E-state index contributed by atoms with van der Waals surface area (Å²) in [4.78, 5) is 15.2. The van der Waals surface area contributed by atoms with Crippen LogP contribution in [0.5, 0.6) is 0 Å². The van der Waals surface area contributed by atoms with Crippen LogP contribution in [0.4, 0.5) is 0 Å². The third kappa shape index (κ3) is 19.2. The van der Waals surface area contributed by atoms with Crippen molar-refractivity contribution in [3.05, 3.63) is 0 Å². The van der Waals surface area contributed by atoms with Crippen LogP contribution in [0.2, 0.25) is 0 Å². The van der Waals surface area contributed by atoms with E-state index in [0.29, 0.717) is 52.8 Å². The molecular formula is C15H32N2O6. The van der Waals surface area contributed by atoms with E-state index in [1.54, 1.807) is 0 Å². The summed E-state index contributed by atoms with van der Waals surface area (Å²) in [6.45, 7) is 6.96. The number of hydrogen-bond donors (Lipinski definition) is 2. The Hall–Kier alpha value is -0.770. The number of carbonyl (C=O) groups is 1. The second-order valence-electron chi connectivity index (χ2n) is 4.82. The van der Waals surface area contributed by atoms with Gasteiger partial charge in [-0.05, 0) is 6.42 Å². The molecule has 8 nitrogen and oxygen atoms in total. The first-order valence-corrected chi connectivity index (χ1v) is 8.20. The summed E-state index contributed by atoms with van der Waals surface area (Å²) in [6, 6.07) is 0. The van der Waals surface area contributed by atoms with Crippen molar-refractivity contribution in [1.29, 1.82) is 0 Å². The molecule has 0 unspecified atom stereocenters. The number of nitrogens with one attached hydrogen (secondary N) is 1. The molecule has 0 aromatic heterocycles. The molecule has 3 N–H and O–H groups in total. The molecular weight excluding hydrogens is 304 g/mol. The van der Waals surface area contributed by atoms with Crippen LogP contribution in [0, 0.1) is 0 Å². The zero-order valence-corrected chi connectivity index (χ0v) is 14.2. The Kier molecular flexibility index (Phi) is 18.6. The zero-order chi connectivity index (χ0) is 17.0. The third-order valence-corrected chi connectivity index (χ3v) is 2.79. The highest BCUT2D eigenvalue weighted by Gasteiger charge is 1.98. The number of nitrogens with two attached hydrogens (primary N) is 1. The SMILES string of the molecule is CCCCCOCCOCCOCCOCCNC(=O)CON. The number of unbranched alkanes of at least 4 members (excludes halogenated alkanes) is 2. The maximum atomic E-state index is 11.0. The van der Waals surface area contributed by atoms with Crippen LogP contribution in [0.1, 0.15) is 26.2 Å². The van der Waals surface area contributed by atoms with Crippen molar-refractivity contribution < 1.29 is 28.6 Å². The van der Waals surface area contributed by atoms with Crippen molar-refractivity contribution in [3.63, 3.8) is 0 Å². The smallest absolute Gasteiger partial charge is 0.248 e. The molecule has 0 radical (unpaired) electrons. The van der Waals surface area contributed by atoms with E-state index < -0.39 is 0 Å². The summed E-state index contributed by atoms with van der Waals surface area (Å²) in [7, 11) is 0. The van der Waals surface area contributed by atoms with E-state index in [1.165, 1.54) is 12.8 Å². The van der Waals surface area contributed by atoms with Crippen LogP contribution in [0.15, 0.2) is 0 Å². The minimum Gasteiger partial charge on any atom is -0.379 e. The number of amides is 1. The minimum absolute atomic E-state index is 0.146. The Morgan fingerprint density at radius 3 is 1.87 bits per heavy atom. The molecule has 0 aliphatic heterocycles. The van der Waals surface area contributed by atoms with Crippen LogP contribution in [0.3, 0.4) is 0 Å². The van der Waals surface area contributed by atoms with E-state index in [9.17, 15) is 4.79 Å². The van der Waals surface area contributed by atoms with Gasteiger partial charge in [0, 0.05) is 13.2 Å². The van der Waals surface area contributed by atoms with Crippen molar-refractivity contribution in [1.82, 2.24) is 5.32 Å². The lowest BCUT2D eigenvalue weighted by atomic mass is 10.3. The third-order valence-electron chi connectivity index (χ3n) is 2.79. The number of carbonyl (C=O) groups excluding carboxylic acids is 1. The lowest BCUT2D eigenvalue weighted by Gasteiger charge is -2.08. The van der Waals surface area contributed by atoms with E-state index in [1.807, 2.05) is 0 Å². The van der Waals surface area contributed by atoms with E-state index in [-0.39, 0.29) is 12.5 Å². The van der Waals surface area contributed by atoms with Crippen LogP contribution in [0.25, 0.3) is 0 Å². The molecule has 0 heterocycles. The molecule has 0 aliphatic carbocycles. The zero-order valence-electron chi connectivity index (χ0n) is 14.2. The average Bonchev–Trinajstić information content (AvgIpc) is 2.54. The highest BCUT2D eigenvalue weighted by Crippen LogP contribution is 1.93. The highest BCUT2D eigenvalue weighted by molar-refractivity contribution is 5.77. The van der Waals surface area contributed by atoms with Crippen LogP contribution >= 0.6 is 0 Å². The van der Waals surface area contributed by atoms with Crippen molar-refractivity contribution >= 4 is 5.91 Å². The Morgan fingerprint density at radius 1 is 0.826 bits per heavy atom. The molecule has 8 heteroatoms. The van der Waals surface area contributed by atoms with Gasteiger partial charge in [0.05, 0.1) is 46.2 Å². The van der Waals surface area contributed by atoms with E-state index in [2.05, 4.69) is 17.1 Å². The lowest BCUT2D eigenvalue weighted by molar-refractivity contribution is -0.126. The molecule has 138 valence electrons. The number of hydrogen-bond acceptors (Lipinski definition) is 7. The highest BCUT2D eigenvalue weighted by atomic mass is 16.6. The first-order valence-electron chi connectivity index (χ1n) is 8.20. The summed E-state index contributed by atoms with van der Waals surface area (Å²) in [5.74, 6) is 4.50. The first-order chi connectivity index (χ1) is 11.3. The summed E-state index contributed by atoms with van der Waals surface area (Å²) >= 11 is 0. The molecule has 0 aromatic rings. The second kappa shape index (κ2) is 19.3. The van der Waals surface area contributed by atoms with Gasteiger partial charge in [-0.15, -0.1) is 0 Å². The predicted octanol–water partition coefficient (Wildman–Crippen LogP) is 0.250. The summed E-state index contributed by atoms with van der Waals surface area (Å²) < 4.78 is 21.4. The van der Waals surface area contributed by atoms with Crippen molar-refractivity contribution in [2.24, 2.45) is 5.90 Å². The number of rotatable bonds is 18. The van der Waals surface area contributed by atoms with Crippen molar-refractivity contribution in [3.8, 4) is 0 Å².